The lowest BCUT2D eigenvalue weighted by Crippen LogP contribution is -2.31. The molecule has 98 valence electrons. The fraction of sp³-hybridized carbons (Fsp3) is 0.500. The number of likely N-dealkylation sites (N-methyl/N-ethyl adjacent to an activating group) is 1. The topological polar surface area (TPSA) is 65.1 Å². The molecule has 0 aliphatic rings. The van der Waals surface area contributed by atoms with E-state index in [1.54, 1.807) is 0 Å². The highest BCUT2D eigenvalue weighted by molar-refractivity contribution is 5.58. The van der Waals surface area contributed by atoms with Crippen molar-refractivity contribution in [2.45, 2.75) is 26.3 Å². The largest absolute Gasteiger partial charge is 0.398 e. The number of hydrogen-bond acceptors (Lipinski definition) is 4. The fourth-order valence-electron chi connectivity index (χ4n) is 1.59. The zero-order chi connectivity index (χ0) is 13.5. The Bertz CT molecular complexity index is 420. The zero-order valence-corrected chi connectivity index (χ0v) is 11.4. The van der Waals surface area contributed by atoms with Crippen LogP contribution >= 0.6 is 0 Å². The molecule has 0 atom stereocenters. The van der Waals surface area contributed by atoms with E-state index >= 15 is 0 Å². The number of nitrogens with one attached hydrogen (secondary N) is 1. The van der Waals surface area contributed by atoms with Crippen LogP contribution in [0.4, 0.5) is 11.4 Å². The summed E-state index contributed by atoms with van der Waals surface area (Å²) in [6.07, 6.45) is 0.354. The first-order valence-corrected chi connectivity index (χ1v) is 6.24. The van der Waals surface area contributed by atoms with Crippen molar-refractivity contribution in [3.63, 3.8) is 0 Å². The third-order valence-corrected chi connectivity index (χ3v) is 3.09. The number of anilines is 2. The molecule has 0 saturated heterocycles. The van der Waals surface area contributed by atoms with Crippen LogP contribution in [-0.2, 0) is 6.42 Å². The van der Waals surface area contributed by atoms with E-state index in [1.807, 2.05) is 18.2 Å². The minimum Gasteiger partial charge on any atom is -0.398 e. The van der Waals surface area contributed by atoms with Crippen molar-refractivity contribution in [3.05, 3.63) is 23.8 Å². The maximum Gasteiger partial charge on any atom is 0.0670 e. The Balaban J connectivity index is 2.53. The zero-order valence-electron chi connectivity index (χ0n) is 11.4. The molecule has 0 aliphatic carbocycles. The highest BCUT2D eigenvalue weighted by Gasteiger charge is 2.03. The van der Waals surface area contributed by atoms with E-state index in [-0.39, 0.29) is 0 Å². The summed E-state index contributed by atoms with van der Waals surface area (Å²) < 4.78 is 0. The van der Waals surface area contributed by atoms with E-state index in [0.717, 1.165) is 24.3 Å². The summed E-state index contributed by atoms with van der Waals surface area (Å²) in [7, 11) is 2.11. The van der Waals surface area contributed by atoms with Gasteiger partial charge in [0.2, 0.25) is 0 Å². The smallest absolute Gasteiger partial charge is 0.0670 e. The molecular formula is C14H22N4. The molecular weight excluding hydrogens is 224 g/mol. The van der Waals surface area contributed by atoms with Crippen molar-refractivity contribution in [2.24, 2.45) is 0 Å². The molecule has 3 N–H and O–H groups in total. The Hall–Kier alpha value is -1.73. The highest BCUT2D eigenvalue weighted by Crippen LogP contribution is 2.18. The molecule has 0 radical (unpaired) electrons. The summed E-state index contributed by atoms with van der Waals surface area (Å²) in [6.45, 7) is 6.21. The lowest BCUT2D eigenvalue weighted by Gasteiger charge is -2.21. The standard InChI is InChI=1S/C14H22N4/c1-11(2)18(3)9-8-17-13-4-5-14(16)12(10-13)6-7-15/h4-5,10-11,17H,6,8-9,16H2,1-3H3. The fourth-order valence-corrected chi connectivity index (χ4v) is 1.59. The van der Waals surface area contributed by atoms with Crippen molar-refractivity contribution in [2.75, 3.05) is 31.2 Å². The summed E-state index contributed by atoms with van der Waals surface area (Å²) in [5.41, 5.74) is 8.40. The van der Waals surface area contributed by atoms with E-state index in [4.69, 9.17) is 11.0 Å². The quantitative estimate of drug-likeness (QED) is 0.754. The molecule has 0 saturated carbocycles. The van der Waals surface area contributed by atoms with Gasteiger partial charge in [-0.2, -0.15) is 5.26 Å². The summed E-state index contributed by atoms with van der Waals surface area (Å²) in [5, 5.41) is 12.1. The Kier molecular flexibility index (Phi) is 5.47. The lowest BCUT2D eigenvalue weighted by atomic mass is 10.1. The molecule has 4 nitrogen and oxygen atoms in total. The van der Waals surface area contributed by atoms with Gasteiger partial charge in [-0.3, -0.25) is 0 Å². The van der Waals surface area contributed by atoms with Crippen LogP contribution < -0.4 is 11.1 Å². The van der Waals surface area contributed by atoms with E-state index in [0.29, 0.717) is 18.2 Å². The van der Waals surface area contributed by atoms with Gasteiger partial charge in [0.25, 0.3) is 0 Å². The second kappa shape index (κ2) is 6.87. The Morgan fingerprint density at radius 2 is 2.17 bits per heavy atom. The number of nitrogens with two attached hydrogens (primary N) is 1. The van der Waals surface area contributed by atoms with Gasteiger partial charge in [0, 0.05) is 30.5 Å². The van der Waals surface area contributed by atoms with E-state index in [9.17, 15) is 0 Å². The van der Waals surface area contributed by atoms with Crippen molar-refractivity contribution >= 4 is 11.4 Å². The van der Waals surface area contributed by atoms with Gasteiger partial charge in [-0.15, -0.1) is 0 Å². The summed E-state index contributed by atoms with van der Waals surface area (Å²) in [6, 6.07) is 8.42. The number of nitriles is 1. The van der Waals surface area contributed by atoms with Gasteiger partial charge in [0.15, 0.2) is 0 Å². The molecule has 0 amide bonds. The number of nitrogen functional groups attached to an aromatic ring is 1. The van der Waals surface area contributed by atoms with Crippen LogP contribution in [0, 0.1) is 11.3 Å². The minimum absolute atomic E-state index is 0.354. The number of nitrogens with zero attached hydrogens (tertiary/aromatic N) is 2. The van der Waals surface area contributed by atoms with Crippen molar-refractivity contribution in [1.29, 1.82) is 5.26 Å². The average Bonchev–Trinajstić information content (AvgIpc) is 2.33. The van der Waals surface area contributed by atoms with Gasteiger partial charge in [-0.05, 0) is 44.7 Å². The van der Waals surface area contributed by atoms with Crippen molar-refractivity contribution in [1.82, 2.24) is 4.90 Å². The molecule has 18 heavy (non-hydrogen) atoms. The summed E-state index contributed by atoms with van der Waals surface area (Å²) in [4.78, 5) is 2.28. The van der Waals surface area contributed by atoms with Crippen LogP contribution in [0.3, 0.4) is 0 Å². The summed E-state index contributed by atoms with van der Waals surface area (Å²) >= 11 is 0. The van der Waals surface area contributed by atoms with Crippen LogP contribution in [0.15, 0.2) is 18.2 Å². The molecule has 0 aromatic heterocycles. The average molecular weight is 246 g/mol. The van der Waals surface area contributed by atoms with Gasteiger partial charge in [-0.1, -0.05) is 0 Å². The second-order valence-electron chi connectivity index (χ2n) is 4.75. The van der Waals surface area contributed by atoms with Gasteiger partial charge in [0.1, 0.15) is 0 Å². The predicted octanol–water partition coefficient (Wildman–Crippen LogP) is 2.09. The monoisotopic (exact) mass is 246 g/mol. The third kappa shape index (κ3) is 4.27. The molecule has 0 unspecified atom stereocenters. The van der Waals surface area contributed by atoms with Crippen LogP contribution in [0.5, 0.6) is 0 Å². The third-order valence-electron chi connectivity index (χ3n) is 3.09. The molecule has 0 fully saturated rings. The first-order chi connectivity index (χ1) is 8.54. The normalized spacial score (nSPS) is 10.7. The van der Waals surface area contributed by atoms with Gasteiger partial charge in [0.05, 0.1) is 12.5 Å². The van der Waals surface area contributed by atoms with Crippen molar-refractivity contribution in [3.8, 4) is 6.07 Å². The van der Waals surface area contributed by atoms with Gasteiger partial charge in [-0.25, -0.2) is 0 Å². The Labute approximate surface area is 109 Å². The van der Waals surface area contributed by atoms with Crippen LogP contribution in [0.25, 0.3) is 0 Å². The Morgan fingerprint density at radius 3 is 2.78 bits per heavy atom. The van der Waals surface area contributed by atoms with E-state index < -0.39 is 0 Å². The molecule has 1 aromatic carbocycles. The molecule has 0 spiro atoms. The lowest BCUT2D eigenvalue weighted by molar-refractivity contribution is 0.284. The SMILES string of the molecule is CC(C)N(C)CCNc1ccc(N)c(CC#N)c1. The van der Waals surface area contributed by atoms with Gasteiger partial charge >= 0.3 is 0 Å². The first-order valence-electron chi connectivity index (χ1n) is 6.24. The Morgan fingerprint density at radius 1 is 1.44 bits per heavy atom. The highest BCUT2D eigenvalue weighted by atomic mass is 15.1. The van der Waals surface area contributed by atoms with Gasteiger partial charge < -0.3 is 16.0 Å². The number of rotatable bonds is 6. The number of hydrogen-bond donors (Lipinski definition) is 2. The second-order valence-corrected chi connectivity index (χ2v) is 4.75. The van der Waals surface area contributed by atoms with Crippen LogP contribution in [0.1, 0.15) is 19.4 Å². The summed E-state index contributed by atoms with van der Waals surface area (Å²) in [5.74, 6) is 0. The van der Waals surface area contributed by atoms with E-state index in [2.05, 4.69) is 37.2 Å². The predicted molar refractivity (Wildman–Crippen MR) is 76.4 cm³/mol. The molecule has 0 bridgehead atoms. The minimum atomic E-state index is 0.354. The molecule has 4 heteroatoms. The maximum atomic E-state index is 8.71. The molecule has 0 heterocycles. The van der Waals surface area contributed by atoms with Crippen molar-refractivity contribution < 1.29 is 0 Å². The first kappa shape index (κ1) is 14.3. The molecule has 1 aromatic rings. The van der Waals surface area contributed by atoms with E-state index in [1.165, 1.54) is 0 Å². The number of benzene rings is 1. The molecule has 1 rings (SSSR count). The maximum absolute atomic E-state index is 8.71. The van der Waals surface area contributed by atoms with Crippen LogP contribution in [0.2, 0.25) is 0 Å². The molecule has 0 aliphatic heterocycles. The van der Waals surface area contributed by atoms with Crippen LogP contribution in [-0.4, -0.2) is 31.1 Å².